The molecular weight excluding hydrogens is 346 g/mol. The van der Waals surface area contributed by atoms with E-state index >= 15 is 0 Å². The summed E-state index contributed by atoms with van der Waals surface area (Å²) in [6.07, 6.45) is 0. The molecule has 0 aliphatic heterocycles. The summed E-state index contributed by atoms with van der Waals surface area (Å²) in [7, 11) is 6.19. The van der Waals surface area contributed by atoms with Gasteiger partial charge in [0.25, 0.3) is 0 Å². The number of aryl methyl sites for hydroxylation is 1. The zero-order chi connectivity index (χ0) is 16.0. The Bertz CT molecular complexity index is 621. The molecule has 2 rings (SSSR count). The third-order valence-electron chi connectivity index (χ3n) is 2.86. The number of aromatic hydroxyl groups is 1. The normalized spacial score (nSPS) is 10.0. The Morgan fingerprint density at radius 2 is 1.64 bits per heavy atom. The average Bonchev–Trinajstić information content (AvgIpc) is 2.38. The molecule has 0 aliphatic carbocycles. The number of halogens is 1. The minimum atomic E-state index is -1.12. The van der Waals surface area contributed by atoms with Crippen LogP contribution in [0.2, 0.25) is 0 Å². The number of carbonyl (C=O) groups excluding carboxylic acids is 1. The van der Waals surface area contributed by atoms with E-state index < -0.39 is 5.97 Å². The van der Waals surface area contributed by atoms with Crippen LogP contribution in [0, 0.1) is 6.92 Å². The molecule has 0 radical (unpaired) electrons. The van der Waals surface area contributed by atoms with E-state index in [1.807, 2.05) is 25.1 Å². The molecule has 2 aromatic rings. The lowest BCUT2D eigenvalue weighted by Gasteiger charge is -2.23. The summed E-state index contributed by atoms with van der Waals surface area (Å²) in [4.78, 5) is 10.2. The highest BCUT2D eigenvalue weighted by molar-refractivity contribution is 5.85. The summed E-state index contributed by atoms with van der Waals surface area (Å²) in [5.41, 5.74) is 2.27. The topological polar surface area (TPSA) is 60.4 Å². The van der Waals surface area contributed by atoms with E-state index in [1.54, 1.807) is 24.3 Å². The van der Waals surface area contributed by atoms with Gasteiger partial charge in [-0.05, 0) is 24.6 Å². The number of rotatable bonds is 2. The van der Waals surface area contributed by atoms with Crippen molar-refractivity contribution in [2.45, 2.75) is 6.92 Å². The summed E-state index contributed by atoms with van der Waals surface area (Å²) in [5, 5.41) is 19.4. The lowest BCUT2D eigenvalue weighted by Crippen LogP contribution is -3.00. The first kappa shape index (κ1) is 20.2. The van der Waals surface area contributed by atoms with Crippen LogP contribution in [-0.4, -0.2) is 32.2 Å². The Balaban J connectivity index is 0.000000385. The second kappa shape index (κ2) is 8.56. The van der Waals surface area contributed by atoms with Crippen LogP contribution in [0.5, 0.6) is 5.75 Å². The van der Waals surface area contributed by atoms with Gasteiger partial charge in [0.2, 0.25) is 0 Å². The summed E-state index contributed by atoms with van der Waals surface area (Å²) in [6.45, 7) is 1.84. The van der Waals surface area contributed by atoms with Crippen molar-refractivity contribution in [2.24, 2.45) is 0 Å². The highest BCUT2D eigenvalue weighted by Crippen LogP contribution is 2.21. The maximum Gasteiger partial charge on any atom is 0.135 e. The van der Waals surface area contributed by atoms with Crippen LogP contribution < -0.4 is 26.6 Å². The molecule has 22 heavy (non-hydrogen) atoms. The molecule has 0 bridgehead atoms. The van der Waals surface area contributed by atoms with Crippen molar-refractivity contribution in [3.05, 3.63) is 59.7 Å². The zero-order valence-corrected chi connectivity index (χ0v) is 14.8. The van der Waals surface area contributed by atoms with Crippen molar-refractivity contribution in [3.63, 3.8) is 0 Å². The van der Waals surface area contributed by atoms with Crippen molar-refractivity contribution in [1.82, 2.24) is 4.48 Å². The zero-order valence-electron chi connectivity index (χ0n) is 13.2. The van der Waals surface area contributed by atoms with Gasteiger partial charge in [-0.2, -0.15) is 0 Å². The summed E-state index contributed by atoms with van der Waals surface area (Å²) >= 11 is 0. The molecule has 5 heteroatoms. The number of carboxylic acid groups (broad SMARTS) is 1. The van der Waals surface area contributed by atoms with E-state index in [0.29, 0.717) is 5.75 Å². The van der Waals surface area contributed by atoms with E-state index in [9.17, 15) is 9.90 Å². The maximum absolute atomic E-state index is 10.2. The van der Waals surface area contributed by atoms with Gasteiger partial charge in [0.05, 0.1) is 27.1 Å². The molecule has 120 valence electrons. The number of aromatic carboxylic acids is 1. The minimum absolute atomic E-state index is 0. The van der Waals surface area contributed by atoms with E-state index in [4.69, 9.17) is 5.11 Å². The lowest BCUT2D eigenvalue weighted by molar-refractivity contribution is -0.255. The molecule has 0 heterocycles. The number of carbonyl (C=O) groups is 1. The van der Waals surface area contributed by atoms with Crippen molar-refractivity contribution in [3.8, 4) is 5.75 Å². The molecule has 4 nitrogen and oxygen atoms in total. The van der Waals surface area contributed by atoms with Crippen LogP contribution in [0.1, 0.15) is 15.9 Å². The SMILES string of the molecule is C[N+](C)(C)c1cccc(O)c1.Cc1cccc(C(=O)[O-])c1.[Br-]. The Kier molecular flexibility index (Phi) is 7.84. The monoisotopic (exact) mass is 366 g/mol. The van der Waals surface area contributed by atoms with Crippen LogP contribution in [-0.2, 0) is 0 Å². The summed E-state index contributed by atoms with van der Waals surface area (Å²) in [6, 6.07) is 13.9. The molecule has 0 spiro atoms. The van der Waals surface area contributed by atoms with Gasteiger partial charge in [-0.15, -0.1) is 0 Å². The summed E-state index contributed by atoms with van der Waals surface area (Å²) < 4.78 is 0.731. The first-order valence-electron chi connectivity index (χ1n) is 6.59. The average molecular weight is 367 g/mol. The number of benzene rings is 2. The number of hydrogen-bond acceptors (Lipinski definition) is 3. The molecule has 2 aromatic carbocycles. The Labute approximate surface area is 142 Å². The third kappa shape index (κ3) is 6.74. The number of hydrogen-bond donors (Lipinski definition) is 1. The summed E-state index contributed by atoms with van der Waals surface area (Å²) in [5.74, 6) is -0.792. The van der Waals surface area contributed by atoms with Gasteiger partial charge >= 0.3 is 0 Å². The molecular formula is C17H21BrNO3-. The molecule has 0 saturated heterocycles. The van der Waals surface area contributed by atoms with Gasteiger partial charge in [-0.3, -0.25) is 4.48 Å². The Morgan fingerprint density at radius 1 is 1.05 bits per heavy atom. The molecule has 0 amide bonds. The second-order valence-corrected chi connectivity index (χ2v) is 5.69. The fraction of sp³-hybridized carbons (Fsp3) is 0.235. The van der Waals surface area contributed by atoms with Gasteiger partial charge in [0.15, 0.2) is 0 Å². The highest BCUT2D eigenvalue weighted by atomic mass is 79.9. The third-order valence-corrected chi connectivity index (χ3v) is 2.86. The van der Waals surface area contributed by atoms with Gasteiger partial charge in [-0.1, -0.05) is 35.9 Å². The molecule has 0 aromatic heterocycles. The number of carboxylic acids is 1. The standard InChI is InChI=1S/C9H13NO.C8H8O2.BrH/c1-10(2,3)8-5-4-6-9(11)7-8;1-6-3-2-4-7(5-6)8(9)10;/h4-7H,1-3H3;2-5H,1H3,(H,9,10);1H/p-1. The number of nitrogens with zero attached hydrogens (tertiary/aromatic N) is 1. The Hall–Kier alpha value is -1.85. The number of quaternary nitrogens is 1. The van der Waals surface area contributed by atoms with E-state index in [1.165, 1.54) is 6.07 Å². The van der Waals surface area contributed by atoms with Crippen LogP contribution in [0.25, 0.3) is 0 Å². The van der Waals surface area contributed by atoms with Gasteiger partial charge in [-0.25, -0.2) is 0 Å². The van der Waals surface area contributed by atoms with Crippen molar-refractivity contribution < 1.29 is 32.0 Å². The molecule has 0 saturated carbocycles. The first-order valence-corrected chi connectivity index (χ1v) is 6.59. The molecule has 0 fully saturated rings. The highest BCUT2D eigenvalue weighted by Gasteiger charge is 2.11. The van der Waals surface area contributed by atoms with Crippen LogP contribution in [0.15, 0.2) is 48.5 Å². The largest absolute Gasteiger partial charge is 1.00 e. The predicted molar refractivity (Wildman–Crippen MR) is 83.2 cm³/mol. The van der Waals surface area contributed by atoms with E-state index in [-0.39, 0.29) is 22.5 Å². The van der Waals surface area contributed by atoms with E-state index in [2.05, 4.69) is 21.1 Å². The molecule has 1 N–H and O–H groups in total. The van der Waals surface area contributed by atoms with Crippen LogP contribution >= 0.6 is 0 Å². The number of phenolic OH excluding ortho intramolecular Hbond substituents is 1. The first-order chi connectivity index (χ1) is 9.70. The minimum Gasteiger partial charge on any atom is -1.00 e. The second-order valence-electron chi connectivity index (χ2n) is 5.69. The maximum atomic E-state index is 10.2. The van der Waals surface area contributed by atoms with Gasteiger partial charge < -0.3 is 32.0 Å². The lowest BCUT2D eigenvalue weighted by atomic mass is 10.1. The van der Waals surface area contributed by atoms with Crippen molar-refractivity contribution in [2.75, 3.05) is 21.1 Å². The fourth-order valence-electron chi connectivity index (χ4n) is 1.68. The smallest absolute Gasteiger partial charge is 0.135 e. The van der Waals surface area contributed by atoms with Crippen molar-refractivity contribution in [1.29, 1.82) is 0 Å². The Morgan fingerprint density at radius 3 is 2.00 bits per heavy atom. The molecule has 0 atom stereocenters. The molecule has 0 aliphatic rings. The van der Waals surface area contributed by atoms with Crippen LogP contribution in [0.3, 0.4) is 0 Å². The molecule has 0 unspecified atom stereocenters. The van der Waals surface area contributed by atoms with Gasteiger partial charge in [0.1, 0.15) is 11.4 Å². The van der Waals surface area contributed by atoms with Crippen LogP contribution in [0.4, 0.5) is 5.69 Å². The van der Waals surface area contributed by atoms with Crippen molar-refractivity contribution >= 4 is 11.7 Å². The van der Waals surface area contributed by atoms with Gasteiger partial charge in [0, 0.05) is 6.07 Å². The fourth-order valence-corrected chi connectivity index (χ4v) is 1.68. The predicted octanol–water partition coefficient (Wildman–Crippen LogP) is -1.05. The number of phenols is 1. The van der Waals surface area contributed by atoms with E-state index in [0.717, 1.165) is 15.7 Å². The quantitative estimate of drug-likeness (QED) is 0.690.